The average molecular weight is 896 g/mol. The quantitative estimate of drug-likeness (QED) is 0.163. The van der Waals surface area contributed by atoms with Gasteiger partial charge in [0.1, 0.15) is 5.78 Å². The van der Waals surface area contributed by atoms with E-state index in [2.05, 4.69) is 111 Å². The van der Waals surface area contributed by atoms with Gasteiger partial charge < -0.3 is 22.5 Å². The Hall–Kier alpha value is -3.33. The Balaban J connectivity index is 0. The molecule has 0 spiro atoms. The Morgan fingerprint density at radius 1 is 0.719 bits per heavy atom. The monoisotopic (exact) mass is 896 g/mol. The maximum atomic E-state index is 11.7. The van der Waals surface area contributed by atoms with Crippen molar-refractivity contribution in [3.63, 3.8) is 0 Å². The van der Waals surface area contributed by atoms with Crippen molar-refractivity contribution >= 4 is 29.7 Å². The van der Waals surface area contributed by atoms with Crippen LogP contribution in [0.25, 0.3) is 0 Å². The number of rotatable bonds is 12. The number of carbonyl (C=O) groups is 4. The van der Waals surface area contributed by atoms with Crippen molar-refractivity contribution in [3.05, 3.63) is 47.2 Å². The van der Waals surface area contributed by atoms with Gasteiger partial charge in [-0.25, -0.2) is 0 Å². The van der Waals surface area contributed by atoms with Crippen molar-refractivity contribution in [3.8, 4) is 0 Å². The number of nitrogens with one attached hydrogen (secondary N) is 1. The molecule has 3 rings (SSSR count). The zero-order chi connectivity index (χ0) is 50.4. The van der Waals surface area contributed by atoms with Crippen LogP contribution in [0.2, 0.25) is 0 Å². The normalized spacial score (nSPS) is 16.8. The number of hydrogen-bond acceptors (Lipinski definition) is 6. The van der Waals surface area contributed by atoms with E-state index in [1.54, 1.807) is 14.0 Å². The summed E-state index contributed by atoms with van der Waals surface area (Å²) in [5, 5.41) is 2.70. The predicted octanol–water partition coefficient (Wildman–Crippen LogP) is 12.5. The molecule has 1 fully saturated rings. The molecule has 370 valence electrons. The third kappa shape index (κ3) is 25.4. The van der Waals surface area contributed by atoms with Gasteiger partial charge in [0.15, 0.2) is 0 Å². The molecule has 1 aromatic rings. The highest BCUT2D eigenvalue weighted by Gasteiger charge is 2.36. The maximum Gasteiger partial charge on any atom is 0.223 e. The summed E-state index contributed by atoms with van der Waals surface area (Å²) in [4.78, 5) is 49.5. The zero-order valence-electron chi connectivity index (χ0n) is 45.0. The van der Waals surface area contributed by atoms with E-state index in [0.717, 1.165) is 31.4 Å². The van der Waals surface area contributed by atoms with Gasteiger partial charge in [-0.15, -0.1) is 0 Å². The molecule has 64 heavy (non-hydrogen) atoms. The molecular formula is C55H101N5O4. The van der Waals surface area contributed by atoms with Crippen molar-refractivity contribution in [2.24, 2.45) is 78.9 Å². The first-order valence-corrected chi connectivity index (χ1v) is 24.4. The number of benzene rings is 1. The van der Waals surface area contributed by atoms with Gasteiger partial charge in [0.05, 0.1) is 0 Å². The Bertz CT molecular complexity index is 1570. The van der Waals surface area contributed by atoms with Gasteiger partial charge in [0.25, 0.3) is 0 Å². The molecule has 0 radical (unpaired) electrons. The number of hydrogen-bond donors (Lipinski definition) is 4. The first kappa shape index (κ1) is 62.8. The summed E-state index contributed by atoms with van der Waals surface area (Å²) >= 11 is 0. The van der Waals surface area contributed by atoms with Gasteiger partial charge in [-0.2, -0.15) is 0 Å². The molecule has 1 saturated carbocycles. The molecule has 1 heterocycles. The fourth-order valence-corrected chi connectivity index (χ4v) is 8.76. The highest BCUT2D eigenvalue weighted by atomic mass is 16.2. The van der Waals surface area contributed by atoms with Crippen LogP contribution in [0.15, 0.2) is 41.0 Å². The zero-order valence-corrected chi connectivity index (χ0v) is 45.0. The Morgan fingerprint density at radius 3 is 1.48 bits per heavy atom. The summed E-state index contributed by atoms with van der Waals surface area (Å²) in [5.74, 6) is 1.59. The summed E-state index contributed by atoms with van der Waals surface area (Å²) in [7, 11) is 1.68. The van der Waals surface area contributed by atoms with Gasteiger partial charge in [-0.1, -0.05) is 173 Å². The van der Waals surface area contributed by atoms with Crippen molar-refractivity contribution < 1.29 is 19.2 Å². The summed E-state index contributed by atoms with van der Waals surface area (Å²) in [5.41, 5.74) is 20.2. The highest BCUT2D eigenvalue weighted by molar-refractivity contribution is 5.80. The van der Waals surface area contributed by atoms with Crippen LogP contribution in [-0.4, -0.2) is 43.3 Å². The fourth-order valence-electron chi connectivity index (χ4n) is 8.76. The molecule has 9 nitrogen and oxygen atoms in total. The summed E-state index contributed by atoms with van der Waals surface area (Å²) in [6.07, 6.45) is 14.6. The van der Waals surface area contributed by atoms with Crippen molar-refractivity contribution in [2.45, 2.75) is 202 Å². The molecule has 1 aliphatic carbocycles. The van der Waals surface area contributed by atoms with Gasteiger partial charge in [-0.05, 0) is 97.0 Å². The third-order valence-electron chi connectivity index (χ3n) is 13.0. The number of aliphatic imine (C=N–C) groups is 1. The van der Waals surface area contributed by atoms with E-state index in [4.69, 9.17) is 17.2 Å². The number of Topliss-reactive ketones (excluding diaryl/α,β-unsaturated/α-hetero) is 1. The van der Waals surface area contributed by atoms with Crippen molar-refractivity contribution in [1.29, 1.82) is 0 Å². The molecule has 5 atom stereocenters. The fraction of sp³-hybridized carbons (Fsp3) is 0.764. The number of primary amides is 2. The highest BCUT2D eigenvalue weighted by Crippen LogP contribution is 2.40. The van der Waals surface area contributed by atoms with Crippen LogP contribution < -0.4 is 22.5 Å². The van der Waals surface area contributed by atoms with Crippen molar-refractivity contribution in [1.82, 2.24) is 5.32 Å². The van der Waals surface area contributed by atoms with E-state index < -0.39 is 0 Å². The number of aryl methyl sites for hydroxylation is 1. The number of nitrogens with two attached hydrogens (primary N) is 3. The minimum absolute atomic E-state index is 0.00694. The van der Waals surface area contributed by atoms with Crippen LogP contribution in [0, 0.1) is 63.6 Å². The number of nitrogens with zero attached hydrogens (tertiary/aromatic N) is 1. The topological polar surface area (TPSA) is 171 Å². The number of carbonyl (C=O) groups excluding carboxylic acids is 4. The number of allylic oxidation sites excluding steroid dienone is 2. The van der Waals surface area contributed by atoms with Crippen LogP contribution in [0.5, 0.6) is 0 Å². The van der Waals surface area contributed by atoms with Crippen LogP contribution in [0.1, 0.15) is 206 Å². The van der Waals surface area contributed by atoms with Crippen LogP contribution >= 0.6 is 0 Å². The predicted molar refractivity (Wildman–Crippen MR) is 275 cm³/mol. The van der Waals surface area contributed by atoms with Crippen LogP contribution in [-0.2, 0) is 19.2 Å². The van der Waals surface area contributed by atoms with E-state index in [9.17, 15) is 19.2 Å². The maximum absolute atomic E-state index is 11.7. The van der Waals surface area contributed by atoms with Gasteiger partial charge in [0, 0.05) is 55.5 Å². The Kier molecular flexibility index (Phi) is 28.1. The van der Waals surface area contributed by atoms with Crippen LogP contribution in [0.3, 0.4) is 0 Å². The Labute approximate surface area is 394 Å². The van der Waals surface area contributed by atoms with E-state index in [-0.39, 0.29) is 63.1 Å². The molecule has 1 aliphatic heterocycles. The number of ketones is 1. The summed E-state index contributed by atoms with van der Waals surface area (Å²) in [6, 6.07) is 8.87. The lowest BCUT2D eigenvalue weighted by Gasteiger charge is -2.37. The lowest BCUT2D eigenvalue weighted by molar-refractivity contribution is -0.128. The molecule has 7 N–H and O–H groups in total. The van der Waals surface area contributed by atoms with E-state index in [1.165, 1.54) is 43.2 Å². The molecular weight excluding hydrogens is 795 g/mol. The molecule has 9 heteroatoms. The van der Waals surface area contributed by atoms with Gasteiger partial charge in [-0.3, -0.25) is 24.2 Å². The lowest BCUT2D eigenvalue weighted by Crippen LogP contribution is -2.36. The van der Waals surface area contributed by atoms with E-state index >= 15 is 0 Å². The molecule has 0 aromatic heterocycles. The smallest absolute Gasteiger partial charge is 0.223 e. The molecule has 3 amide bonds. The molecule has 1 unspecified atom stereocenters. The molecule has 1 aromatic carbocycles. The van der Waals surface area contributed by atoms with Gasteiger partial charge >= 0.3 is 0 Å². The standard InChI is InChI=1S/C13H24O.C13H20.C11H18N2O.C10H22N2O.C8H17NO/c1-10(14)12(13(2,3)4)11-8-6-5-7-9-11;1-10-6-8-12(9-7-10)11(2)13(3,4)5;1-11(2,3)9(10(12)14)7-8-5-4-6-13-8;1-10(2,3)8(6-5-7-11)9(13)12-4;1-5-6(7(9)10)8(2,3)4/h11-12H,5-9H2,1-4H3;6-9,11H,1-5H3;5-6,9H,4,7H2,1-3H3,(H2,12,14);8H,5-7,11H2,1-4H3,(H,12,13);6H,5H2,1-4H3,(H2,9,10)/t12-;;9-;8-;6-/m1.000/s1. The van der Waals surface area contributed by atoms with E-state index in [1.807, 2.05) is 60.8 Å². The minimum atomic E-state index is -0.236. The molecule has 0 bridgehead atoms. The van der Waals surface area contributed by atoms with E-state index in [0.29, 0.717) is 36.0 Å². The second-order valence-corrected chi connectivity index (χ2v) is 23.8. The van der Waals surface area contributed by atoms with Crippen LogP contribution in [0.4, 0.5) is 0 Å². The molecule has 2 aliphatic rings. The van der Waals surface area contributed by atoms with Crippen molar-refractivity contribution in [2.75, 3.05) is 13.6 Å². The second kappa shape index (κ2) is 28.7. The minimum Gasteiger partial charge on any atom is -0.369 e. The average Bonchev–Trinajstić information content (AvgIpc) is 3.66. The SMILES string of the molecule is CC(=O)[C@H](C1CCCCC1)C(C)(C)C.CC(C)(C)[C@@H](CC1=CCC=N1)C(N)=O.CC[C@@H](C(N)=O)C(C)(C)C.CNC(=O)[C@H](CCCN)C(C)(C)C.Cc1ccc(C(C)C(C)(C)C)cc1. The second-order valence-electron chi connectivity index (χ2n) is 23.8. The molecule has 0 saturated heterocycles. The largest absolute Gasteiger partial charge is 0.369 e. The Morgan fingerprint density at radius 2 is 1.19 bits per heavy atom. The summed E-state index contributed by atoms with van der Waals surface area (Å²) < 4.78 is 0. The first-order valence-electron chi connectivity index (χ1n) is 24.4. The number of amides is 3. The first-order chi connectivity index (χ1) is 29.1. The lowest BCUT2D eigenvalue weighted by atomic mass is 9.67. The third-order valence-corrected chi connectivity index (χ3v) is 13.0. The summed E-state index contributed by atoms with van der Waals surface area (Å²) in [6.45, 7) is 40.8. The van der Waals surface area contributed by atoms with Gasteiger partial charge in [0.2, 0.25) is 17.7 Å².